The normalized spacial score (nSPS) is 11.6. The highest BCUT2D eigenvalue weighted by Crippen LogP contribution is 2.30. The number of carboxylic acid groups (broad SMARTS) is 1. The minimum absolute atomic E-state index is 0.131. The number of non-ortho nitro benzene ring substituents is 1. The van der Waals surface area contributed by atoms with Gasteiger partial charge < -0.3 is 14.3 Å². The molecule has 7 nitrogen and oxygen atoms in total. The van der Waals surface area contributed by atoms with Crippen LogP contribution in [0.15, 0.2) is 63.1 Å². The second kappa shape index (κ2) is 6.55. The third kappa shape index (κ3) is 3.44. The van der Waals surface area contributed by atoms with Gasteiger partial charge in [0.15, 0.2) is 5.58 Å². The Morgan fingerprint density at radius 3 is 2.71 bits per heavy atom. The minimum Gasteiger partial charge on any atom is -0.544 e. The standard InChI is InChI=1S/C16H10N2O5S/c19-15(20)14(9-10-4-3-5-11(8-10)18(21)22)24-16-17-12-6-1-2-7-13(12)23-16/h1-9H,(H,19,20)/p-1/b14-9+. The van der Waals surface area contributed by atoms with Gasteiger partial charge in [0.1, 0.15) is 5.52 Å². The first-order valence-electron chi connectivity index (χ1n) is 6.74. The molecule has 1 heterocycles. The van der Waals surface area contributed by atoms with Crippen molar-refractivity contribution in [2.75, 3.05) is 0 Å². The molecule has 24 heavy (non-hydrogen) atoms. The van der Waals surface area contributed by atoms with E-state index in [2.05, 4.69) is 4.98 Å². The molecule has 0 aliphatic carbocycles. The van der Waals surface area contributed by atoms with Crippen molar-refractivity contribution in [1.82, 2.24) is 4.98 Å². The number of carboxylic acids is 1. The van der Waals surface area contributed by atoms with E-state index in [9.17, 15) is 20.0 Å². The number of nitrogens with zero attached hydrogens (tertiary/aromatic N) is 2. The molecule has 0 aliphatic rings. The van der Waals surface area contributed by atoms with Gasteiger partial charge in [-0.25, -0.2) is 4.98 Å². The zero-order valence-corrected chi connectivity index (χ0v) is 12.9. The van der Waals surface area contributed by atoms with Gasteiger partial charge in [0.05, 0.1) is 10.9 Å². The fourth-order valence-corrected chi connectivity index (χ4v) is 2.74. The van der Waals surface area contributed by atoms with Crippen molar-refractivity contribution < 1.29 is 19.2 Å². The number of oxazole rings is 1. The second-order valence-corrected chi connectivity index (χ2v) is 5.69. The average molecular weight is 341 g/mol. The van der Waals surface area contributed by atoms with Crippen molar-refractivity contribution >= 4 is 40.6 Å². The number of carbonyl (C=O) groups is 1. The summed E-state index contributed by atoms with van der Waals surface area (Å²) in [5.41, 5.74) is 1.38. The van der Waals surface area contributed by atoms with Crippen molar-refractivity contribution in [3.05, 3.63) is 69.1 Å². The summed E-state index contributed by atoms with van der Waals surface area (Å²) in [7, 11) is 0. The van der Waals surface area contributed by atoms with Gasteiger partial charge in [-0.3, -0.25) is 10.1 Å². The summed E-state index contributed by atoms with van der Waals surface area (Å²) in [4.78, 5) is 25.6. The quantitative estimate of drug-likeness (QED) is 0.304. The second-order valence-electron chi connectivity index (χ2n) is 4.70. The molecular formula is C16H9N2O5S-. The molecular weight excluding hydrogens is 332 g/mol. The summed E-state index contributed by atoms with van der Waals surface area (Å²) in [6, 6.07) is 12.7. The maximum Gasteiger partial charge on any atom is 0.270 e. The fraction of sp³-hybridized carbons (Fsp3) is 0. The third-order valence-electron chi connectivity index (χ3n) is 3.05. The Hall–Kier alpha value is -3.13. The van der Waals surface area contributed by atoms with E-state index < -0.39 is 10.9 Å². The third-order valence-corrected chi connectivity index (χ3v) is 3.91. The molecule has 0 saturated heterocycles. The Morgan fingerprint density at radius 1 is 1.21 bits per heavy atom. The molecule has 0 spiro atoms. The first-order valence-corrected chi connectivity index (χ1v) is 7.55. The first kappa shape index (κ1) is 15.8. The number of nitro benzene ring substituents is 1. The van der Waals surface area contributed by atoms with Gasteiger partial charge in [-0.15, -0.1) is 0 Å². The summed E-state index contributed by atoms with van der Waals surface area (Å²) < 4.78 is 5.46. The van der Waals surface area contributed by atoms with E-state index in [4.69, 9.17) is 4.42 Å². The number of carbonyl (C=O) groups excluding carboxylic acids is 1. The van der Waals surface area contributed by atoms with Crippen LogP contribution in [0.5, 0.6) is 0 Å². The molecule has 0 saturated carbocycles. The molecule has 1 aromatic heterocycles. The van der Waals surface area contributed by atoms with Crippen LogP contribution in [0.25, 0.3) is 17.2 Å². The van der Waals surface area contributed by atoms with Crippen molar-refractivity contribution in [1.29, 1.82) is 0 Å². The molecule has 0 N–H and O–H groups in total. The Morgan fingerprint density at radius 2 is 2.00 bits per heavy atom. The predicted octanol–water partition coefficient (Wildman–Crippen LogP) is 2.62. The smallest absolute Gasteiger partial charge is 0.270 e. The van der Waals surface area contributed by atoms with Gasteiger partial charge >= 0.3 is 0 Å². The highest BCUT2D eigenvalue weighted by atomic mass is 32.2. The van der Waals surface area contributed by atoms with Crippen LogP contribution in [-0.2, 0) is 4.79 Å². The molecule has 3 rings (SSSR count). The lowest BCUT2D eigenvalue weighted by molar-refractivity contribution is -0.384. The van der Waals surface area contributed by atoms with Gasteiger partial charge in [-0.05, 0) is 35.5 Å². The molecule has 0 fully saturated rings. The van der Waals surface area contributed by atoms with Crippen molar-refractivity contribution in [3.63, 3.8) is 0 Å². The lowest BCUT2D eigenvalue weighted by Crippen LogP contribution is -2.23. The van der Waals surface area contributed by atoms with E-state index in [1.165, 1.54) is 24.3 Å². The van der Waals surface area contributed by atoms with Crippen molar-refractivity contribution in [3.8, 4) is 0 Å². The Labute approximate surface area is 139 Å². The number of benzene rings is 2. The van der Waals surface area contributed by atoms with Crippen LogP contribution in [0.3, 0.4) is 0 Å². The Bertz CT molecular complexity index is 931. The molecule has 0 aliphatic heterocycles. The summed E-state index contributed by atoms with van der Waals surface area (Å²) in [6.45, 7) is 0. The molecule has 0 unspecified atom stereocenters. The van der Waals surface area contributed by atoms with Crippen molar-refractivity contribution in [2.45, 2.75) is 5.22 Å². The fourth-order valence-electron chi connectivity index (χ4n) is 2.00. The number of hydrogen-bond acceptors (Lipinski definition) is 7. The highest BCUT2D eigenvalue weighted by Gasteiger charge is 2.11. The van der Waals surface area contributed by atoms with Crippen LogP contribution in [0, 0.1) is 10.1 Å². The van der Waals surface area contributed by atoms with E-state index in [0.29, 0.717) is 16.7 Å². The molecule has 3 aromatic rings. The zero-order chi connectivity index (χ0) is 17.1. The number of aromatic nitrogens is 1. The summed E-state index contributed by atoms with van der Waals surface area (Å²) in [5.74, 6) is -1.42. The molecule has 8 heteroatoms. The SMILES string of the molecule is O=C([O-])/C(=C\c1cccc([N+](=O)[O-])c1)Sc1nc2ccccc2o1. The van der Waals surface area contributed by atoms with Crippen LogP contribution in [0.2, 0.25) is 0 Å². The number of fused-ring (bicyclic) bond motifs is 1. The molecule has 0 radical (unpaired) electrons. The van der Waals surface area contributed by atoms with E-state index >= 15 is 0 Å². The van der Waals surface area contributed by atoms with E-state index in [1.54, 1.807) is 30.3 Å². The maximum atomic E-state index is 11.3. The van der Waals surface area contributed by atoms with Gasteiger partial charge in [-0.2, -0.15) is 0 Å². The van der Waals surface area contributed by atoms with Crippen LogP contribution >= 0.6 is 11.8 Å². The number of rotatable bonds is 5. The van der Waals surface area contributed by atoms with Gasteiger partial charge in [0.25, 0.3) is 10.9 Å². The average Bonchev–Trinajstić information content (AvgIpc) is 2.96. The number of para-hydroxylation sites is 2. The van der Waals surface area contributed by atoms with Crippen LogP contribution in [0.4, 0.5) is 5.69 Å². The first-order chi connectivity index (χ1) is 11.5. The summed E-state index contributed by atoms with van der Waals surface area (Å²) in [6.07, 6.45) is 1.28. The predicted molar refractivity (Wildman–Crippen MR) is 85.9 cm³/mol. The largest absolute Gasteiger partial charge is 0.544 e. The number of nitro groups is 1. The maximum absolute atomic E-state index is 11.3. The van der Waals surface area contributed by atoms with Crippen LogP contribution < -0.4 is 5.11 Å². The van der Waals surface area contributed by atoms with Gasteiger partial charge in [-0.1, -0.05) is 24.3 Å². The summed E-state index contributed by atoms with van der Waals surface area (Å²) >= 11 is 0.783. The molecule has 0 amide bonds. The van der Waals surface area contributed by atoms with Gasteiger partial charge in [0, 0.05) is 17.0 Å². The summed E-state index contributed by atoms with van der Waals surface area (Å²) in [5, 5.41) is 22.3. The number of hydrogen-bond donors (Lipinski definition) is 0. The Kier molecular flexibility index (Phi) is 4.30. The van der Waals surface area contributed by atoms with E-state index in [0.717, 1.165) is 11.8 Å². The Balaban J connectivity index is 1.93. The lowest BCUT2D eigenvalue weighted by Gasteiger charge is -2.05. The topological polar surface area (TPSA) is 109 Å². The minimum atomic E-state index is -1.42. The van der Waals surface area contributed by atoms with Crippen molar-refractivity contribution in [2.24, 2.45) is 0 Å². The molecule has 120 valence electrons. The highest BCUT2D eigenvalue weighted by molar-refractivity contribution is 8.03. The molecule has 0 bridgehead atoms. The lowest BCUT2D eigenvalue weighted by atomic mass is 10.2. The number of thioether (sulfide) groups is 1. The van der Waals surface area contributed by atoms with E-state index in [1.807, 2.05) is 0 Å². The van der Waals surface area contributed by atoms with Crippen LogP contribution in [0.1, 0.15) is 5.56 Å². The number of aliphatic carboxylic acids is 1. The molecule has 0 atom stereocenters. The van der Waals surface area contributed by atoms with Gasteiger partial charge in [0.2, 0.25) is 0 Å². The zero-order valence-electron chi connectivity index (χ0n) is 12.0. The monoisotopic (exact) mass is 341 g/mol. The molecule has 2 aromatic carbocycles. The van der Waals surface area contributed by atoms with E-state index in [-0.39, 0.29) is 15.8 Å². The van der Waals surface area contributed by atoms with Crippen LogP contribution in [-0.4, -0.2) is 15.9 Å².